The molecule has 0 atom stereocenters. The number of hydrogen-bond donors (Lipinski definition) is 1. The summed E-state index contributed by atoms with van der Waals surface area (Å²) in [6, 6.07) is 13.2. The predicted octanol–water partition coefficient (Wildman–Crippen LogP) is 3.56. The number of hydrogen-bond acceptors (Lipinski definition) is 5. The van der Waals surface area contributed by atoms with Crippen LogP contribution in [0.4, 0.5) is 10.2 Å². The van der Waals surface area contributed by atoms with Gasteiger partial charge in [0.15, 0.2) is 17.2 Å². The molecule has 2 heterocycles. The minimum atomic E-state index is -0.426. The fourth-order valence-corrected chi connectivity index (χ4v) is 3.97. The van der Waals surface area contributed by atoms with Crippen molar-refractivity contribution in [1.29, 1.82) is 0 Å². The van der Waals surface area contributed by atoms with Gasteiger partial charge >= 0.3 is 0 Å². The quantitative estimate of drug-likeness (QED) is 0.592. The van der Waals surface area contributed by atoms with Gasteiger partial charge in [-0.3, -0.25) is 0 Å². The molecule has 1 aliphatic rings. The molecule has 0 aliphatic heterocycles. The van der Waals surface area contributed by atoms with E-state index in [1.165, 1.54) is 30.6 Å². The average Bonchev–Trinajstić information content (AvgIpc) is 3.30. The molecule has 1 aliphatic carbocycles. The van der Waals surface area contributed by atoms with E-state index in [1.807, 2.05) is 4.68 Å². The van der Waals surface area contributed by atoms with Gasteiger partial charge in [0.2, 0.25) is 0 Å². The molecular formula is C21H18FN5O. The zero-order valence-corrected chi connectivity index (χ0v) is 15.3. The molecular weight excluding hydrogens is 357 g/mol. The minimum absolute atomic E-state index is 0.144. The molecule has 2 N–H and O–H groups in total. The van der Waals surface area contributed by atoms with Crippen LogP contribution in [0.3, 0.4) is 0 Å². The standard InChI is InChI=1S/C21H18FN5O/c1-28-17-10-14(6-7-16(17)22)19-18-20(23)24-11-25-21(18)27(26-19)15-8-12-4-2-3-5-13(12)9-15/h2-7,10-11,15H,8-9H2,1H3,(H2,23,24,25). The van der Waals surface area contributed by atoms with Gasteiger partial charge in [-0.15, -0.1) is 0 Å². The second kappa shape index (κ2) is 6.30. The summed E-state index contributed by atoms with van der Waals surface area (Å²) in [5.41, 5.74) is 10.8. The molecule has 140 valence electrons. The number of anilines is 1. The van der Waals surface area contributed by atoms with E-state index in [0.717, 1.165) is 12.8 Å². The number of rotatable bonds is 3. The van der Waals surface area contributed by atoms with Crippen LogP contribution in [0.5, 0.6) is 5.75 Å². The summed E-state index contributed by atoms with van der Waals surface area (Å²) >= 11 is 0. The molecule has 0 bridgehead atoms. The number of fused-ring (bicyclic) bond motifs is 2. The third kappa shape index (κ3) is 2.51. The Labute approximate surface area is 160 Å². The first-order chi connectivity index (χ1) is 13.7. The van der Waals surface area contributed by atoms with Gasteiger partial charge in [-0.1, -0.05) is 24.3 Å². The molecule has 0 saturated carbocycles. The van der Waals surface area contributed by atoms with Crippen molar-refractivity contribution in [2.45, 2.75) is 18.9 Å². The highest BCUT2D eigenvalue weighted by Gasteiger charge is 2.27. The highest BCUT2D eigenvalue weighted by atomic mass is 19.1. The molecule has 6 nitrogen and oxygen atoms in total. The Kier molecular flexibility index (Phi) is 3.75. The van der Waals surface area contributed by atoms with Gasteiger partial charge in [0.25, 0.3) is 0 Å². The van der Waals surface area contributed by atoms with E-state index >= 15 is 0 Å². The number of aromatic nitrogens is 4. The molecule has 28 heavy (non-hydrogen) atoms. The number of methoxy groups -OCH3 is 1. The smallest absolute Gasteiger partial charge is 0.165 e. The zero-order chi connectivity index (χ0) is 19.3. The van der Waals surface area contributed by atoms with Crippen molar-refractivity contribution in [1.82, 2.24) is 19.7 Å². The summed E-state index contributed by atoms with van der Waals surface area (Å²) in [5, 5.41) is 5.52. The Morgan fingerprint density at radius 1 is 1.11 bits per heavy atom. The molecule has 5 rings (SSSR count). The lowest BCUT2D eigenvalue weighted by atomic mass is 10.1. The number of nitrogen functional groups attached to an aromatic ring is 1. The fourth-order valence-electron chi connectivity index (χ4n) is 3.97. The molecule has 0 spiro atoms. The molecule has 0 saturated heterocycles. The van der Waals surface area contributed by atoms with Gasteiger partial charge < -0.3 is 10.5 Å². The molecule has 2 aromatic carbocycles. The zero-order valence-electron chi connectivity index (χ0n) is 15.3. The second-order valence-corrected chi connectivity index (χ2v) is 6.93. The number of halogens is 1. The minimum Gasteiger partial charge on any atom is -0.494 e. The molecule has 4 aromatic rings. The lowest BCUT2D eigenvalue weighted by molar-refractivity contribution is 0.387. The SMILES string of the molecule is COc1cc(-c2nn(C3Cc4ccccc4C3)c3ncnc(N)c23)ccc1F. The van der Waals surface area contributed by atoms with Gasteiger partial charge in [-0.05, 0) is 42.2 Å². The van der Waals surface area contributed by atoms with Crippen LogP contribution < -0.4 is 10.5 Å². The summed E-state index contributed by atoms with van der Waals surface area (Å²) in [6.45, 7) is 0. The second-order valence-electron chi connectivity index (χ2n) is 6.93. The largest absolute Gasteiger partial charge is 0.494 e. The maximum atomic E-state index is 13.9. The number of nitrogens with zero attached hydrogens (tertiary/aromatic N) is 4. The summed E-state index contributed by atoms with van der Waals surface area (Å²) in [7, 11) is 1.44. The van der Waals surface area contributed by atoms with Crippen LogP contribution in [0.15, 0.2) is 48.8 Å². The van der Waals surface area contributed by atoms with Crippen LogP contribution in [-0.4, -0.2) is 26.9 Å². The first-order valence-electron chi connectivity index (χ1n) is 9.05. The average molecular weight is 375 g/mol. The van der Waals surface area contributed by atoms with Crippen molar-refractivity contribution in [3.63, 3.8) is 0 Å². The van der Waals surface area contributed by atoms with E-state index in [9.17, 15) is 4.39 Å². The van der Waals surface area contributed by atoms with Crippen molar-refractivity contribution in [3.05, 3.63) is 65.7 Å². The number of benzene rings is 2. The summed E-state index contributed by atoms with van der Waals surface area (Å²) in [6.07, 6.45) is 3.21. The molecule has 7 heteroatoms. The van der Waals surface area contributed by atoms with Gasteiger partial charge in [-0.25, -0.2) is 19.0 Å². The predicted molar refractivity (Wildman–Crippen MR) is 105 cm³/mol. The van der Waals surface area contributed by atoms with Crippen LogP contribution >= 0.6 is 0 Å². The van der Waals surface area contributed by atoms with E-state index in [-0.39, 0.29) is 11.8 Å². The highest BCUT2D eigenvalue weighted by molar-refractivity contribution is 5.98. The lowest BCUT2D eigenvalue weighted by Crippen LogP contribution is -2.11. The van der Waals surface area contributed by atoms with Crippen molar-refractivity contribution in [2.24, 2.45) is 0 Å². The number of ether oxygens (including phenoxy) is 1. The van der Waals surface area contributed by atoms with Crippen LogP contribution in [0.25, 0.3) is 22.3 Å². The Bertz CT molecular complexity index is 1180. The van der Waals surface area contributed by atoms with Crippen molar-refractivity contribution in [2.75, 3.05) is 12.8 Å². The Hall–Kier alpha value is -3.48. The van der Waals surface area contributed by atoms with E-state index in [4.69, 9.17) is 15.6 Å². The van der Waals surface area contributed by atoms with Crippen molar-refractivity contribution in [3.8, 4) is 17.0 Å². The topological polar surface area (TPSA) is 78.8 Å². The van der Waals surface area contributed by atoms with Gasteiger partial charge in [0.1, 0.15) is 17.8 Å². The fraction of sp³-hybridized carbons (Fsp3) is 0.190. The van der Waals surface area contributed by atoms with Gasteiger partial charge in [0.05, 0.1) is 18.5 Å². The maximum absolute atomic E-state index is 13.9. The number of nitrogens with two attached hydrogens (primary N) is 1. The third-order valence-corrected chi connectivity index (χ3v) is 5.32. The Balaban J connectivity index is 1.68. The molecule has 0 radical (unpaired) electrons. The van der Waals surface area contributed by atoms with Crippen LogP contribution in [0.2, 0.25) is 0 Å². The van der Waals surface area contributed by atoms with E-state index in [2.05, 4.69) is 34.2 Å². The summed E-state index contributed by atoms with van der Waals surface area (Å²) in [5.74, 6) is 0.0828. The van der Waals surface area contributed by atoms with Gasteiger partial charge in [-0.2, -0.15) is 5.10 Å². The Morgan fingerprint density at radius 2 is 1.86 bits per heavy atom. The third-order valence-electron chi connectivity index (χ3n) is 5.32. The first kappa shape index (κ1) is 16.7. The first-order valence-corrected chi connectivity index (χ1v) is 9.05. The summed E-state index contributed by atoms with van der Waals surface area (Å²) in [4.78, 5) is 8.60. The molecule has 0 amide bonds. The molecule has 0 fully saturated rings. The summed E-state index contributed by atoms with van der Waals surface area (Å²) < 4.78 is 20.9. The monoisotopic (exact) mass is 375 g/mol. The maximum Gasteiger partial charge on any atom is 0.165 e. The van der Waals surface area contributed by atoms with E-state index in [0.29, 0.717) is 28.1 Å². The van der Waals surface area contributed by atoms with Crippen LogP contribution in [-0.2, 0) is 12.8 Å². The van der Waals surface area contributed by atoms with Crippen molar-refractivity contribution < 1.29 is 9.13 Å². The lowest BCUT2D eigenvalue weighted by Gasteiger charge is -2.10. The normalized spacial score (nSPS) is 13.8. The Morgan fingerprint density at radius 3 is 2.57 bits per heavy atom. The van der Waals surface area contributed by atoms with Crippen LogP contribution in [0, 0.1) is 5.82 Å². The van der Waals surface area contributed by atoms with E-state index in [1.54, 1.807) is 12.1 Å². The van der Waals surface area contributed by atoms with Crippen molar-refractivity contribution >= 4 is 16.9 Å². The molecule has 0 unspecified atom stereocenters. The van der Waals surface area contributed by atoms with Gasteiger partial charge in [0, 0.05) is 5.56 Å². The van der Waals surface area contributed by atoms with E-state index < -0.39 is 5.82 Å². The highest BCUT2D eigenvalue weighted by Crippen LogP contribution is 2.37. The molecule has 2 aromatic heterocycles. The van der Waals surface area contributed by atoms with Crippen LogP contribution in [0.1, 0.15) is 17.2 Å².